The maximum atomic E-state index is 13.5. The van der Waals surface area contributed by atoms with Crippen molar-refractivity contribution in [3.05, 3.63) is 70.5 Å². The van der Waals surface area contributed by atoms with E-state index in [-0.39, 0.29) is 41.2 Å². The van der Waals surface area contributed by atoms with E-state index in [1.807, 2.05) is 36.4 Å². The highest BCUT2D eigenvalue weighted by Crippen LogP contribution is 2.28. The van der Waals surface area contributed by atoms with E-state index in [1.54, 1.807) is 0 Å². The molecule has 1 fully saturated rings. The zero-order chi connectivity index (χ0) is 24.1. The summed E-state index contributed by atoms with van der Waals surface area (Å²) in [5.41, 5.74) is 0.765. The van der Waals surface area contributed by atoms with Crippen LogP contribution >= 0.6 is 23.2 Å². The molecule has 0 bridgehead atoms. The predicted molar refractivity (Wildman–Crippen MR) is 133 cm³/mol. The fourth-order valence-electron chi connectivity index (χ4n) is 4.26. The molecule has 34 heavy (non-hydrogen) atoms. The van der Waals surface area contributed by atoms with Crippen LogP contribution in [0, 0.1) is 11.7 Å². The lowest BCUT2D eigenvalue weighted by atomic mass is 9.84. The molecule has 2 N–H and O–H groups in total. The van der Waals surface area contributed by atoms with E-state index >= 15 is 0 Å². The van der Waals surface area contributed by atoms with Gasteiger partial charge in [-0.1, -0.05) is 35.3 Å². The molecule has 3 aromatic rings. The number of fused-ring (bicyclic) bond motifs is 1. The van der Waals surface area contributed by atoms with Gasteiger partial charge in [-0.25, -0.2) is 4.39 Å². The number of nitrogens with one attached hydrogen (secondary N) is 2. The maximum Gasteiger partial charge on any atom is 0.258 e. The number of ether oxygens (including phenoxy) is 1. The molecule has 2 amide bonds. The molecule has 3 aromatic carbocycles. The second-order valence-corrected chi connectivity index (χ2v) is 9.45. The fraction of sp³-hybridized carbons (Fsp3) is 0.308. The average molecular weight is 503 g/mol. The van der Waals surface area contributed by atoms with Gasteiger partial charge in [0.25, 0.3) is 5.91 Å². The first-order valence-electron chi connectivity index (χ1n) is 11.2. The van der Waals surface area contributed by atoms with Crippen LogP contribution in [-0.4, -0.2) is 24.5 Å². The molecule has 4 rings (SSSR count). The normalized spacial score (nSPS) is 17.9. The van der Waals surface area contributed by atoms with Crippen LogP contribution in [0.15, 0.2) is 54.6 Å². The highest BCUT2D eigenvalue weighted by atomic mass is 35.5. The molecule has 1 saturated carbocycles. The number of carbonyl (C=O) groups excluding carboxylic acids is 2. The topological polar surface area (TPSA) is 67.4 Å². The molecule has 0 saturated heterocycles. The van der Waals surface area contributed by atoms with Crippen molar-refractivity contribution >= 4 is 51.5 Å². The number of rotatable bonds is 7. The Bertz CT molecular complexity index is 1200. The van der Waals surface area contributed by atoms with Gasteiger partial charge in [-0.2, -0.15) is 0 Å². The molecule has 0 atom stereocenters. The van der Waals surface area contributed by atoms with Crippen molar-refractivity contribution < 1.29 is 18.7 Å². The number of benzene rings is 3. The molecular weight excluding hydrogens is 478 g/mol. The summed E-state index contributed by atoms with van der Waals surface area (Å²) >= 11 is 11.7. The lowest BCUT2D eigenvalue weighted by Gasteiger charge is -2.28. The van der Waals surface area contributed by atoms with Crippen LogP contribution < -0.4 is 15.4 Å². The Morgan fingerprint density at radius 1 is 0.912 bits per heavy atom. The van der Waals surface area contributed by atoms with Gasteiger partial charge in [0.15, 0.2) is 6.61 Å². The van der Waals surface area contributed by atoms with E-state index in [1.165, 1.54) is 12.1 Å². The quantitative estimate of drug-likeness (QED) is 0.394. The van der Waals surface area contributed by atoms with E-state index in [0.29, 0.717) is 11.4 Å². The molecule has 0 spiro atoms. The van der Waals surface area contributed by atoms with Crippen LogP contribution in [0.5, 0.6) is 5.75 Å². The summed E-state index contributed by atoms with van der Waals surface area (Å²) in [5, 5.41) is 8.67. The number of hydrogen-bond donors (Lipinski definition) is 2. The zero-order valence-corrected chi connectivity index (χ0v) is 20.0. The molecule has 5 nitrogen and oxygen atoms in total. The fourth-order valence-corrected chi connectivity index (χ4v) is 4.56. The summed E-state index contributed by atoms with van der Waals surface area (Å²) < 4.78 is 18.8. The summed E-state index contributed by atoms with van der Waals surface area (Å²) in [4.78, 5) is 24.7. The third kappa shape index (κ3) is 6.61. The van der Waals surface area contributed by atoms with E-state index < -0.39 is 5.82 Å². The molecule has 0 radical (unpaired) electrons. The Labute approximate surface area is 207 Å². The van der Waals surface area contributed by atoms with Gasteiger partial charge in [-0.3, -0.25) is 9.59 Å². The second-order valence-electron chi connectivity index (χ2n) is 8.61. The van der Waals surface area contributed by atoms with Gasteiger partial charge in [0, 0.05) is 29.2 Å². The van der Waals surface area contributed by atoms with Gasteiger partial charge in [0.05, 0.1) is 5.02 Å². The van der Waals surface area contributed by atoms with Gasteiger partial charge >= 0.3 is 0 Å². The molecule has 0 heterocycles. The van der Waals surface area contributed by atoms with Gasteiger partial charge < -0.3 is 15.4 Å². The Balaban J connectivity index is 1.18. The van der Waals surface area contributed by atoms with Crippen molar-refractivity contribution in [1.29, 1.82) is 0 Å². The number of amides is 2. The molecule has 0 unspecified atom stereocenters. The van der Waals surface area contributed by atoms with Crippen LogP contribution in [0.3, 0.4) is 0 Å². The van der Waals surface area contributed by atoms with Gasteiger partial charge in [-0.05, 0) is 78.8 Å². The molecule has 8 heteroatoms. The summed E-state index contributed by atoms with van der Waals surface area (Å²) in [5.74, 6) is -0.325. The van der Waals surface area contributed by atoms with Crippen LogP contribution in [-0.2, 0) is 9.59 Å². The smallest absolute Gasteiger partial charge is 0.258 e. The first kappa shape index (κ1) is 24.3. The summed E-state index contributed by atoms with van der Waals surface area (Å²) in [7, 11) is 0. The number of anilines is 1. The Morgan fingerprint density at radius 3 is 2.41 bits per heavy atom. The van der Waals surface area contributed by atoms with Crippen molar-refractivity contribution in [2.75, 3.05) is 11.9 Å². The first-order valence-corrected chi connectivity index (χ1v) is 12.0. The van der Waals surface area contributed by atoms with Crippen molar-refractivity contribution in [3.63, 3.8) is 0 Å². The molecule has 0 aromatic heterocycles. The molecule has 0 aliphatic heterocycles. The summed E-state index contributed by atoms with van der Waals surface area (Å²) in [6, 6.07) is 15.5. The zero-order valence-electron chi connectivity index (χ0n) is 18.5. The number of halogens is 3. The largest absolute Gasteiger partial charge is 0.484 e. The first-order chi connectivity index (χ1) is 16.4. The predicted octanol–water partition coefficient (Wildman–Crippen LogP) is 6.37. The Kier molecular flexibility index (Phi) is 7.91. The van der Waals surface area contributed by atoms with Crippen molar-refractivity contribution in [1.82, 2.24) is 5.32 Å². The minimum Gasteiger partial charge on any atom is -0.484 e. The average Bonchev–Trinajstić information content (AvgIpc) is 2.81. The summed E-state index contributed by atoms with van der Waals surface area (Å²) in [6.45, 7) is -0.193. The third-order valence-corrected chi connectivity index (χ3v) is 6.57. The van der Waals surface area contributed by atoms with Crippen LogP contribution in [0.2, 0.25) is 10.0 Å². The Morgan fingerprint density at radius 2 is 1.65 bits per heavy atom. The minimum absolute atomic E-state index is 0.00451. The van der Waals surface area contributed by atoms with Gasteiger partial charge in [0.1, 0.15) is 11.6 Å². The van der Waals surface area contributed by atoms with Gasteiger partial charge in [-0.15, -0.1) is 0 Å². The lowest BCUT2D eigenvalue weighted by Crippen LogP contribution is -2.40. The van der Waals surface area contributed by atoms with E-state index in [0.717, 1.165) is 48.2 Å². The lowest BCUT2D eigenvalue weighted by molar-refractivity contribution is -0.124. The van der Waals surface area contributed by atoms with Crippen molar-refractivity contribution in [3.8, 4) is 5.75 Å². The second kappa shape index (κ2) is 11.1. The van der Waals surface area contributed by atoms with Gasteiger partial charge in [0.2, 0.25) is 5.91 Å². The Hall–Kier alpha value is -2.83. The van der Waals surface area contributed by atoms with E-state index in [2.05, 4.69) is 10.6 Å². The maximum absolute atomic E-state index is 13.5. The third-order valence-electron chi connectivity index (χ3n) is 6.03. The van der Waals surface area contributed by atoms with E-state index in [4.69, 9.17) is 27.9 Å². The van der Waals surface area contributed by atoms with Crippen molar-refractivity contribution in [2.45, 2.75) is 38.1 Å². The molecular formula is C26H25Cl2FN2O3. The monoisotopic (exact) mass is 502 g/mol. The van der Waals surface area contributed by atoms with Crippen LogP contribution in [0.4, 0.5) is 10.1 Å². The summed E-state index contributed by atoms with van der Waals surface area (Å²) in [6.07, 6.45) is 3.77. The SMILES string of the molecule is O=C(C[C@H]1CC[C@H](NC(=O)COc2ccc(Cl)c(F)c2)CC1)Nc1ccc2cc(Cl)ccc2c1. The highest BCUT2D eigenvalue weighted by Gasteiger charge is 2.24. The number of hydrogen-bond acceptors (Lipinski definition) is 3. The van der Waals surface area contributed by atoms with Crippen LogP contribution in [0.1, 0.15) is 32.1 Å². The molecule has 178 valence electrons. The minimum atomic E-state index is -0.590. The molecule has 1 aliphatic rings. The standard InChI is InChI=1S/C26H25Cl2FN2O3/c27-19-5-3-18-13-21(8-4-17(18)12-19)31-25(32)11-16-1-6-20(7-2-16)30-26(33)15-34-22-9-10-23(28)24(29)14-22/h3-5,8-10,12-14,16,20H,1-2,6-7,11,15H2,(H,30,33)(H,31,32)/t16-,20-. The number of carbonyl (C=O) groups is 2. The van der Waals surface area contributed by atoms with Crippen LogP contribution in [0.25, 0.3) is 10.8 Å². The highest BCUT2D eigenvalue weighted by molar-refractivity contribution is 6.31. The molecule has 1 aliphatic carbocycles. The van der Waals surface area contributed by atoms with E-state index in [9.17, 15) is 14.0 Å². The van der Waals surface area contributed by atoms with Crippen molar-refractivity contribution in [2.24, 2.45) is 5.92 Å².